The molecule has 2 saturated heterocycles. The molecule has 0 aromatic carbocycles. The smallest absolute Gasteiger partial charge is 0.410 e. The van der Waals surface area contributed by atoms with E-state index in [4.69, 9.17) is 4.74 Å². The Bertz CT molecular complexity index is 189. The summed E-state index contributed by atoms with van der Waals surface area (Å²) in [4.78, 5) is 13.1. The number of hydrogen-bond acceptors (Lipinski definition) is 3. The van der Waals surface area contributed by atoms with Gasteiger partial charge in [-0.25, -0.2) is 4.79 Å². The molecule has 0 spiro atoms. The van der Waals surface area contributed by atoms with Crippen LogP contribution in [-0.4, -0.2) is 42.8 Å². The van der Waals surface area contributed by atoms with Crippen LogP contribution >= 0.6 is 0 Å². The van der Waals surface area contributed by atoms with Gasteiger partial charge in [-0.05, 0) is 19.9 Å². The maximum absolute atomic E-state index is 11.2. The maximum Gasteiger partial charge on any atom is 0.410 e. The van der Waals surface area contributed by atoms with Crippen LogP contribution in [0.3, 0.4) is 0 Å². The number of carbonyl (C=O) groups excluding carboxylic acids is 1. The van der Waals surface area contributed by atoms with E-state index < -0.39 is 0 Å². The van der Waals surface area contributed by atoms with Gasteiger partial charge in [-0.1, -0.05) is 0 Å². The molecule has 0 aromatic rings. The highest BCUT2D eigenvalue weighted by Crippen LogP contribution is 2.17. The summed E-state index contributed by atoms with van der Waals surface area (Å²) >= 11 is 0. The predicted octanol–water partition coefficient (Wildman–Crippen LogP) is 0.189. The van der Waals surface area contributed by atoms with Crippen LogP contribution in [0, 0.1) is 0 Å². The molecular formula is C8H14N2O2. The van der Waals surface area contributed by atoms with Crippen molar-refractivity contribution < 1.29 is 9.53 Å². The Morgan fingerprint density at radius 3 is 3.00 bits per heavy atom. The van der Waals surface area contributed by atoms with Crippen molar-refractivity contribution in [2.45, 2.75) is 25.5 Å². The fourth-order valence-corrected chi connectivity index (χ4v) is 1.83. The summed E-state index contributed by atoms with van der Waals surface area (Å²) in [5, 5.41) is 3.24. The Hall–Kier alpha value is -0.770. The van der Waals surface area contributed by atoms with Gasteiger partial charge in [0.05, 0.1) is 6.54 Å². The van der Waals surface area contributed by atoms with E-state index in [1.807, 2.05) is 11.8 Å². The number of ether oxygens (including phenoxy) is 1. The summed E-state index contributed by atoms with van der Waals surface area (Å²) in [6.45, 7) is 4.62. The van der Waals surface area contributed by atoms with Crippen molar-refractivity contribution in [3.8, 4) is 0 Å². The van der Waals surface area contributed by atoms with Crippen LogP contribution in [-0.2, 0) is 4.74 Å². The zero-order valence-corrected chi connectivity index (χ0v) is 7.25. The van der Waals surface area contributed by atoms with Crippen LogP contribution in [0.5, 0.6) is 0 Å². The fourth-order valence-electron chi connectivity index (χ4n) is 1.83. The van der Waals surface area contributed by atoms with E-state index in [0.717, 1.165) is 26.1 Å². The summed E-state index contributed by atoms with van der Waals surface area (Å²) < 4.78 is 5.05. The quantitative estimate of drug-likeness (QED) is 0.610. The number of carbonyl (C=O) groups is 1. The first-order valence-electron chi connectivity index (χ1n) is 4.45. The Labute approximate surface area is 71.9 Å². The monoisotopic (exact) mass is 170 g/mol. The lowest BCUT2D eigenvalue weighted by molar-refractivity contribution is 0.134. The van der Waals surface area contributed by atoms with Gasteiger partial charge >= 0.3 is 6.09 Å². The van der Waals surface area contributed by atoms with E-state index in [1.165, 1.54) is 0 Å². The molecule has 2 unspecified atom stereocenters. The number of cyclic esters (lactones) is 1. The van der Waals surface area contributed by atoms with E-state index in [0.29, 0.717) is 6.04 Å². The van der Waals surface area contributed by atoms with E-state index in [2.05, 4.69) is 5.32 Å². The SMILES string of the molecule is CC1CN(C2CCNC2)C(=O)O1. The lowest BCUT2D eigenvalue weighted by Crippen LogP contribution is -2.37. The predicted molar refractivity (Wildman–Crippen MR) is 43.9 cm³/mol. The van der Waals surface area contributed by atoms with E-state index in [-0.39, 0.29) is 12.2 Å². The molecular weight excluding hydrogens is 156 g/mol. The molecule has 68 valence electrons. The molecule has 1 amide bonds. The van der Waals surface area contributed by atoms with Crippen molar-refractivity contribution >= 4 is 6.09 Å². The van der Waals surface area contributed by atoms with Crippen molar-refractivity contribution in [2.24, 2.45) is 0 Å². The molecule has 2 aliphatic heterocycles. The summed E-state index contributed by atoms with van der Waals surface area (Å²) in [5.74, 6) is 0. The highest BCUT2D eigenvalue weighted by Gasteiger charge is 2.34. The molecule has 0 bridgehead atoms. The first kappa shape index (κ1) is 7.86. The van der Waals surface area contributed by atoms with Gasteiger partial charge in [0.25, 0.3) is 0 Å². The van der Waals surface area contributed by atoms with Crippen LogP contribution in [0.25, 0.3) is 0 Å². The van der Waals surface area contributed by atoms with Crippen LogP contribution in [0.2, 0.25) is 0 Å². The second-order valence-electron chi connectivity index (χ2n) is 3.49. The Morgan fingerprint density at radius 1 is 1.67 bits per heavy atom. The van der Waals surface area contributed by atoms with Crippen molar-refractivity contribution in [1.29, 1.82) is 0 Å². The van der Waals surface area contributed by atoms with Gasteiger partial charge in [0.2, 0.25) is 0 Å². The topological polar surface area (TPSA) is 41.6 Å². The highest BCUT2D eigenvalue weighted by molar-refractivity contribution is 5.70. The number of nitrogens with one attached hydrogen (secondary N) is 1. The van der Waals surface area contributed by atoms with Crippen molar-refractivity contribution in [3.63, 3.8) is 0 Å². The second kappa shape index (κ2) is 2.94. The van der Waals surface area contributed by atoms with Crippen LogP contribution in [0.4, 0.5) is 4.79 Å². The molecule has 2 fully saturated rings. The minimum Gasteiger partial charge on any atom is -0.444 e. The lowest BCUT2D eigenvalue weighted by atomic mass is 10.2. The third kappa shape index (κ3) is 1.27. The number of hydrogen-bond donors (Lipinski definition) is 1. The van der Waals surface area contributed by atoms with Gasteiger partial charge in [0.15, 0.2) is 0 Å². The summed E-state index contributed by atoms with van der Waals surface area (Å²) in [5.41, 5.74) is 0. The van der Waals surface area contributed by atoms with Gasteiger partial charge < -0.3 is 15.0 Å². The lowest BCUT2D eigenvalue weighted by Gasteiger charge is -2.19. The third-order valence-corrected chi connectivity index (χ3v) is 2.47. The molecule has 0 radical (unpaired) electrons. The number of amides is 1. The molecule has 4 heteroatoms. The van der Waals surface area contributed by atoms with Crippen LogP contribution in [0.1, 0.15) is 13.3 Å². The van der Waals surface area contributed by atoms with E-state index >= 15 is 0 Å². The Kier molecular flexibility index (Phi) is 1.92. The molecule has 0 aromatic heterocycles. The molecule has 1 N–H and O–H groups in total. The average molecular weight is 170 g/mol. The molecule has 0 saturated carbocycles. The molecule has 2 atom stereocenters. The first-order chi connectivity index (χ1) is 5.77. The van der Waals surface area contributed by atoms with Crippen LogP contribution < -0.4 is 5.32 Å². The maximum atomic E-state index is 11.2. The minimum atomic E-state index is -0.142. The molecule has 2 heterocycles. The first-order valence-corrected chi connectivity index (χ1v) is 4.45. The number of rotatable bonds is 1. The standard InChI is InChI=1S/C8H14N2O2/c1-6-5-10(8(11)12-6)7-2-3-9-4-7/h6-7,9H,2-5H2,1H3. The van der Waals surface area contributed by atoms with Crippen molar-refractivity contribution in [2.75, 3.05) is 19.6 Å². The molecule has 4 nitrogen and oxygen atoms in total. The number of nitrogens with zero attached hydrogens (tertiary/aromatic N) is 1. The van der Waals surface area contributed by atoms with Gasteiger partial charge in [0, 0.05) is 12.6 Å². The van der Waals surface area contributed by atoms with Crippen molar-refractivity contribution in [1.82, 2.24) is 10.2 Å². The van der Waals surface area contributed by atoms with Gasteiger partial charge in [-0.2, -0.15) is 0 Å². The average Bonchev–Trinajstić information content (AvgIpc) is 2.58. The summed E-state index contributed by atoms with van der Waals surface area (Å²) in [6.07, 6.45) is 0.983. The van der Waals surface area contributed by atoms with E-state index in [1.54, 1.807) is 0 Å². The minimum absolute atomic E-state index is 0.0677. The molecule has 2 rings (SSSR count). The van der Waals surface area contributed by atoms with Gasteiger partial charge in [-0.15, -0.1) is 0 Å². The Balaban J connectivity index is 1.98. The summed E-state index contributed by atoms with van der Waals surface area (Å²) in [6, 6.07) is 0.363. The largest absolute Gasteiger partial charge is 0.444 e. The van der Waals surface area contributed by atoms with Crippen molar-refractivity contribution in [3.05, 3.63) is 0 Å². The third-order valence-electron chi connectivity index (χ3n) is 2.47. The Morgan fingerprint density at radius 2 is 2.50 bits per heavy atom. The zero-order valence-electron chi connectivity index (χ0n) is 7.25. The van der Waals surface area contributed by atoms with E-state index in [9.17, 15) is 4.79 Å². The van der Waals surface area contributed by atoms with Crippen LogP contribution in [0.15, 0.2) is 0 Å². The second-order valence-corrected chi connectivity index (χ2v) is 3.49. The molecule has 12 heavy (non-hydrogen) atoms. The fraction of sp³-hybridized carbons (Fsp3) is 0.875. The van der Waals surface area contributed by atoms with Gasteiger partial charge in [0.1, 0.15) is 6.10 Å². The molecule has 2 aliphatic rings. The highest BCUT2D eigenvalue weighted by atomic mass is 16.6. The zero-order chi connectivity index (χ0) is 8.55. The molecule has 0 aliphatic carbocycles. The summed E-state index contributed by atoms with van der Waals surface area (Å²) in [7, 11) is 0. The normalized spacial score (nSPS) is 35.8. The van der Waals surface area contributed by atoms with Gasteiger partial charge in [-0.3, -0.25) is 0 Å².